The Bertz CT molecular complexity index is 279. The summed E-state index contributed by atoms with van der Waals surface area (Å²) in [4.78, 5) is 1.96. The van der Waals surface area contributed by atoms with Crippen molar-refractivity contribution in [1.29, 1.82) is 0 Å². The van der Waals surface area contributed by atoms with Crippen molar-refractivity contribution in [2.45, 2.75) is 64.2 Å². The second-order valence-corrected chi connectivity index (χ2v) is 6.62. The van der Waals surface area contributed by atoms with E-state index in [1.807, 2.05) is 18.7 Å². The predicted molar refractivity (Wildman–Crippen MR) is 67.3 cm³/mol. The van der Waals surface area contributed by atoms with Crippen LogP contribution in [0.1, 0.15) is 47.0 Å². The minimum Gasteiger partial charge on any atom is -0.326 e. The van der Waals surface area contributed by atoms with Crippen molar-refractivity contribution in [2.75, 3.05) is 13.1 Å². The smallest absolute Gasteiger partial charge is 0.326 e. The van der Waals surface area contributed by atoms with E-state index in [1.54, 1.807) is 13.8 Å². The Kier molecular flexibility index (Phi) is 4.38. The van der Waals surface area contributed by atoms with Crippen LogP contribution in [0.25, 0.3) is 0 Å². The van der Waals surface area contributed by atoms with Gasteiger partial charge in [-0.1, -0.05) is 0 Å². The Labute approximate surface area is 108 Å². The van der Waals surface area contributed by atoms with E-state index in [9.17, 15) is 13.2 Å². The highest BCUT2D eigenvalue weighted by atomic mass is 19.4. The number of likely N-dealkylation sites (tertiary alicyclic amines) is 1. The van der Waals surface area contributed by atoms with Crippen LogP contribution < -0.4 is 5.73 Å². The Balaban J connectivity index is 2.55. The van der Waals surface area contributed by atoms with Gasteiger partial charge in [-0.2, -0.15) is 13.2 Å². The number of nitrogens with zero attached hydrogens (tertiary/aromatic N) is 1. The Morgan fingerprint density at radius 3 is 2.22 bits per heavy atom. The molecule has 0 aromatic rings. The maximum Gasteiger partial charge on any atom is 0.393 e. The first-order valence-electron chi connectivity index (χ1n) is 6.55. The molecule has 2 N–H and O–H groups in total. The van der Waals surface area contributed by atoms with E-state index >= 15 is 0 Å². The maximum atomic E-state index is 12.9. The van der Waals surface area contributed by atoms with Crippen molar-refractivity contribution in [3.8, 4) is 0 Å². The first-order valence-corrected chi connectivity index (χ1v) is 6.55. The van der Waals surface area contributed by atoms with Crippen LogP contribution in [0.2, 0.25) is 0 Å². The zero-order valence-electron chi connectivity index (χ0n) is 11.8. The van der Waals surface area contributed by atoms with Crippen molar-refractivity contribution in [3.63, 3.8) is 0 Å². The molecule has 1 unspecified atom stereocenters. The van der Waals surface area contributed by atoms with Gasteiger partial charge in [0.05, 0.1) is 5.92 Å². The number of hydrogen-bond donors (Lipinski definition) is 1. The van der Waals surface area contributed by atoms with Crippen molar-refractivity contribution in [2.24, 2.45) is 11.7 Å². The van der Waals surface area contributed by atoms with Crippen molar-refractivity contribution >= 4 is 0 Å². The average Bonchev–Trinajstić information content (AvgIpc) is 2.38. The molecular weight excluding hydrogens is 241 g/mol. The summed E-state index contributed by atoms with van der Waals surface area (Å²) < 4.78 is 38.7. The number of hydrogen-bond acceptors (Lipinski definition) is 2. The van der Waals surface area contributed by atoms with E-state index in [2.05, 4.69) is 0 Å². The molecule has 5 heteroatoms. The van der Waals surface area contributed by atoms with Gasteiger partial charge < -0.3 is 5.73 Å². The maximum absolute atomic E-state index is 12.9. The van der Waals surface area contributed by atoms with Crippen LogP contribution in [0.3, 0.4) is 0 Å². The fraction of sp³-hybridized carbons (Fsp3) is 1.00. The van der Waals surface area contributed by atoms with Gasteiger partial charge in [-0.3, -0.25) is 4.90 Å². The third-order valence-corrected chi connectivity index (χ3v) is 4.00. The predicted octanol–water partition coefficient (Wildman–Crippen LogP) is 3.17. The Hall–Kier alpha value is -0.290. The van der Waals surface area contributed by atoms with E-state index in [-0.39, 0.29) is 12.0 Å². The standard InChI is InChI=1S/C13H25F3N2/c1-11(2,17)7-5-8-18-9-6-10(12(18,3)4)13(14,15)16/h10H,5-9,17H2,1-4H3. The van der Waals surface area contributed by atoms with E-state index < -0.39 is 17.6 Å². The van der Waals surface area contributed by atoms with Crippen LogP contribution in [0.5, 0.6) is 0 Å². The summed E-state index contributed by atoms with van der Waals surface area (Å²) in [6.45, 7) is 8.52. The molecule has 1 rings (SSSR count). The lowest BCUT2D eigenvalue weighted by Gasteiger charge is -2.37. The molecule has 1 heterocycles. The van der Waals surface area contributed by atoms with Crippen LogP contribution in [0.4, 0.5) is 13.2 Å². The summed E-state index contributed by atoms with van der Waals surface area (Å²) >= 11 is 0. The molecule has 1 atom stereocenters. The second kappa shape index (κ2) is 5.00. The third kappa shape index (κ3) is 3.85. The normalized spacial score (nSPS) is 25.7. The summed E-state index contributed by atoms with van der Waals surface area (Å²) in [6.07, 6.45) is -2.21. The van der Waals surface area contributed by atoms with Crippen LogP contribution >= 0.6 is 0 Å². The number of rotatable bonds is 4. The molecule has 0 saturated carbocycles. The van der Waals surface area contributed by atoms with Gasteiger partial charge in [0.1, 0.15) is 0 Å². The van der Waals surface area contributed by atoms with Gasteiger partial charge in [0, 0.05) is 11.1 Å². The highest BCUT2D eigenvalue weighted by molar-refractivity contribution is 4.98. The molecule has 1 aliphatic heterocycles. The Morgan fingerprint density at radius 1 is 1.28 bits per heavy atom. The SMILES string of the molecule is CC(C)(N)CCCN1CCC(C(F)(F)F)C1(C)C. The van der Waals surface area contributed by atoms with Crippen LogP contribution in [0.15, 0.2) is 0 Å². The molecule has 0 aliphatic carbocycles. The van der Waals surface area contributed by atoms with Crippen molar-refractivity contribution in [3.05, 3.63) is 0 Å². The highest BCUT2D eigenvalue weighted by Gasteiger charge is 2.54. The van der Waals surface area contributed by atoms with E-state index in [1.165, 1.54) is 0 Å². The summed E-state index contributed by atoms with van der Waals surface area (Å²) in [6, 6.07) is 0. The number of alkyl halides is 3. The molecule has 108 valence electrons. The minimum atomic E-state index is -4.09. The molecule has 2 nitrogen and oxygen atoms in total. The van der Waals surface area contributed by atoms with Crippen molar-refractivity contribution in [1.82, 2.24) is 4.90 Å². The van der Waals surface area contributed by atoms with Gasteiger partial charge in [-0.05, 0) is 60.0 Å². The van der Waals surface area contributed by atoms with Crippen LogP contribution in [-0.4, -0.2) is 35.2 Å². The Morgan fingerprint density at radius 2 is 1.83 bits per heavy atom. The summed E-state index contributed by atoms with van der Waals surface area (Å²) in [5, 5.41) is 0. The molecule has 1 fully saturated rings. The van der Waals surface area contributed by atoms with E-state index in [0.29, 0.717) is 13.1 Å². The lowest BCUT2D eigenvalue weighted by Crippen LogP contribution is -2.47. The van der Waals surface area contributed by atoms with Crippen LogP contribution in [0, 0.1) is 5.92 Å². The highest BCUT2D eigenvalue weighted by Crippen LogP contribution is 2.44. The lowest BCUT2D eigenvalue weighted by molar-refractivity contribution is -0.191. The average molecular weight is 266 g/mol. The van der Waals surface area contributed by atoms with Gasteiger partial charge in [0.25, 0.3) is 0 Å². The number of nitrogens with two attached hydrogens (primary N) is 1. The quantitative estimate of drug-likeness (QED) is 0.847. The summed E-state index contributed by atoms with van der Waals surface area (Å²) in [5.41, 5.74) is 4.85. The van der Waals surface area contributed by atoms with E-state index in [0.717, 1.165) is 12.8 Å². The molecule has 0 spiro atoms. The van der Waals surface area contributed by atoms with Crippen LogP contribution in [-0.2, 0) is 0 Å². The van der Waals surface area contributed by atoms with Crippen molar-refractivity contribution < 1.29 is 13.2 Å². The first-order chi connectivity index (χ1) is 7.94. The molecule has 0 radical (unpaired) electrons. The van der Waals surface area contributed by atoms with Gasteiger partial charge >= 0.3 is 6.18 Å². The second-order valence-electron chi connectivity index (χ2n) is 6.62. The summed E-state index contributed by atoms with van der Waals surface area (Å²) in [7, 11) is 0. The molecule has 0 amide bonds. The fourth-order valence-corrected chi connectivity index (χ4v) is 2.84. The van der Waals surface area contributed by atoms with Gasteiger partial charge in [0.15, 0.2) is 0 Å². The molecule has 0 aromatic carbocycles. The van der Waals surface area contributed by atoms with Gasteiger partial charge in [-0.15, -0.1) is 0 Å². The van der Waals surface area contributed by atoms with Gasteiger partial charge in [0.2, 0.25) is 0 Å². The van der Waals surface area contributed by atoms with Gasteiger partial charge in [-0.25, -0.2) is 0 Å². The zero-order valence-corrected chi connectivity index (χ0v) is 11.8. The largest absolute Gasteiger partial charge is 0.393 e. The third-order valence-electron chi connectivity index (χ3n) is 4.00. The summed E-state index contributed by atoms with van der Waals surface area (Å²) in [5.74, 6) is -1.21. The fourth-order valence-electron chi connectivity index (χ4n) is 2.84. The molecule has 1 saturated heterocycles. The topological polar surface area (TPSA) is 29.3 Å². The van der Waals surface area contributed by atoms with E-state index in [4.69, 9.17) is 5.73 Å². The first kappa shape index (κ1) is 15.8. The molecule has 1 aliphatic rings. The molecular formula is C13H25F3N2. The zero-order chi connectivity index (χ0) is 14.2. The molecule has 18 heavy (non-hydrogen) atoms. The minimum absolute atomic E-state index is 0.211. The molecule has 0 bridgehead atoms. The number of halogens is 3. The molecule has 0 aromatic heterocycles. The lowest BCUT2D eigenvalue weighted by atomic mass is 9.87. The monoisotopic (exact) mass is 266 g/mol.